The Balaban J connectivity index is 1.79. The molecule has 1 atom stereocenters. The molecular weight excluding hydrogens is 328 g/mol. The van der Waals surface area contributed by atoms with Crippen LogP contribution in [0, 0.1) is 10.1 Å². The molecule has 1 unspecified atom stereocenters. The van der Waals surface area contributed by atoms with Gasteiger partial charge in [0.15, 0.2) is 6.10 Å². The second-order valence-corrected chi connectivity index (χ2v) is 5.02. The molecule has 0 bridgehead atoms. The first-order valence-corrected chi connectivity index (χ1v) is 7.32. The lowest BCUT2D eigenvalue weighted by atomic mass is 10.2. The Bertz CT molecular complexity index is 878. The zero-order chi connectivity index (χ0) is 17.8. The molecule has 2 aromatic heterocycles. The average Bonchev–Trinajstić information content (AvgIpc) is 3.12. The van der Waals surface area contributed by atoms with Crippen molar-refractivity contribution in [1.82, 2.24) is 15.2 Å². The smallest absolute Gasteiger partial charge is 0.406 e. The van der Waals surface area contributed by atoms with Gasteiger partial charge < -0.3 is 24.0 Å². The van der Waals surface area contributed by atoms with Crippen molar-refractivity contribution < 1.29 is 18.8 Å². The van der Waals surface area contributed by atoms with Crippen LogP contribution in [0.15, 0.2) is 47.0 Å². The summed E-state index contributed by atoms with van der Waals surface area (Å²) in [6, 6.07) is 10.1. The predicted molar refractivity (Wildman–Crippen MR) is 86.2 cm³/mol. The Kier molecular flexibility index (Phi) is 4.55. The molecule has 9 nitrogen and oxygen atoms in total. The fraction of sp³-hybridized carbons (Fsp3) is 0.188. The molecule has 25 heavy (non-hydrogen) atoms. The number of hydrogen-bond donors (Lipinski definition) is 0. The highest BCUT2D eigenvalue weighted by Crippen LogP contribution is 2.29. The van der Waals surface area contributed by atoms with Crippen LogP contribution in [-0.4, -0.2) is 27.2 Å². The van der Waals surface area contributed by atoms with E-state index in [1.165, 1.54) is 12.3 Å². The van der Waals surface area contributed by atoms with E-state index in [1.54, 1.807) is 44.4 Å². The van der Waals surface area contributed by atoms with Crippen LogP contribution in [0.4, 0.5) is 5.82 Å². The second-order valence-electron chi connectivity index (χ2n) is 5.02. The maximum atomic E-state index is 11.0. The number of pyridine rings is 1. The van der Waals surface area contributed by atoms with Crippen molar-refractivity contribution in [1.29, 1.82) is 0 Å². The van der Waals surface area contributed by atoms with Crippen molar-refractivity contribution in [3.05, 3.63) is 58.6 Å². The lowest BCUT2D eigenvalue weighted by Crippen LogP contribution is -2.06. The minimum atomic E-state index is -0.678. The van der Waals surface area contributed by atoms with Crippen molar-refractivity contribution in [2.24, 2.45) is 0 Å². The number of aromatic nitrogens is 3. The summed E-state index contributed by atoms with van der Waals surface area (Å²) in [7, 11) is 1.58. The summed E-state index contributed by atoms with van der Waals surface area (Å²) in [4.78, 5) is 14.1. The van der Waals surface area contributed by atoms with Gasteiger partial charge in [-0.1, -0.05) is 0 Å². The highest BCUT2D eigenvalue weighted by atomic mass is 16.6. The molecule has 0 amide bonds. The van der Waals surface area contributed by atoms with Crippen LogP contribution in [0.1, 0.15) is 18.9 Å². The molecular formula is C16H14N4O5. The van der Waals surface area contributed by atoms with E-state index in [1.807, 2.05) is 0 Å². The van der Waals surface area contributed by atoms with Crippen molar-refractivity contribution in [2.75, 3.05) is 7.11 Å². The van der Waals surface area contributed by atoms with E-state index in [2.05, 4.69) is 15.2 Å². The molecule has 1 aromatic carbocycles. The SMILES string of the molecule is COc1ccc(-c2nnc(C(C)Oc3cccnc3[N+](=O)[O-])o2)cc1. The third-order valence-corrected chi connectivity index (χ3v) is 3.35. The average molecular weight is 342 g/mol. The summed E-state index contributed by atoms with van der Waals surface area (Å²) in [6.45, 7) is 1.65. The molecule has 0 spiro atoms. The minimum absolute atomic E-state index is 0.0317. The molecule has 2 heterocycles. The molecule has 0 aliphatic heterocycles. The van der Waals surface area contributed by atoms with Crippen molar-refractivity contribution in [3.8, 4) is 23.0 Å². The van der Waals surface area contributed by atoms with Crippen LogP contribution in [0.2, 0.25) is 0 Å². The van der Waals surface area contributed by atoms with Gasteiger partial charge in [0, 0.05) is 5.56 Å². The lowest BCUT2D eigenvalue weighted by Gasteiger charge is -2.10. The number of hydrogen-bond acceptors (Lipinski definition) is 8. The summed E-state index contributed by atoms with van der Waals surface area (Å²) in [5.41, 5.74) is 0.721. The molecule has 0 aliphatic carbocycles. The maximum Gasteiger partial charge on any atom is 0.406 e. The van der Waals surface area contributed by atoms with Crippen LogP contribution in [-0.2, 0) is 0 Å². The normalized spacial score (nSPS) is 11.8. The number of benzene rings is 1. The van der Waals surface area contributed by atoms with Crippen LogP contribution in [0.25, 0.3) is 11.5 Å². The number of nitrogens with zero attached hydrogens (tertiary/aromatic N) is 4. The minimum Gasteiger partial charge on any atom is -0.497 e. The van der Waals surface area contributed by atoms with Crippen LogP contribution in [0.3, 0.4) is 0 Å². The Labute approximate surface area is 142 Å². The third kappa shape index (κ3) is 3.55. The van der Waals surface area contributed by atoms with Gasteiger partial charge in [-0.05, 0) is 53.2 Å². The van der Waals surface area contributed by atoms with Crippen LogP contribution < -0.4 is 9.47 Å². The summed E-state index contributed by atoms with van der Waals surface area (Å²) in [6.07, 6.45) is 0.645. The molecule has 0 saturated heterocycles. The molecule has 3 rings (SSSR count). The zero-order valence-corrected chi connectivity index (χ0v) is 13.4. The Morgan fingerprint density at radius 3 is 2.64 bits per heavy atom. The van der Waals surface area contributed by atoms with Gasteiger partial charge in [-0.2, -0.15) is 0 Å². The first-order chi connectivity index (χ1) is 12.1. The van der Waals surface area contributed by atoms with E-state index >= 15 is 0 Å². The fourth-order valence-corrected chi connectivity index (χ4v) is 2.10. The van der Waals surface area contributed by atoms with Gasteiger partial charge in [0.25, 0.3) is 5.89 Å². The van der Waals surface area contributed by atoms with E-state index in [-0.39, 0.29) is 17.5 Å². The number of rotatable bonds is 6. The van der Waals surface area contributed by atoms with Gasteiger partial charge in [0.2, 0.25) is 11.6 Å². The Morgan fingerprint density at radius 1 is 1.20 bits per heavy atom. The topological polar surface area (TPSA) is 113 Å². The molecule has 0 fully saturated rings. The monoisotopic (exact) mass is 342 g/mol. The van der Waals surface area contributed by atoms with E-state index in [9.17, 15) is 10.1 Å². The van der Waals surface area contributed by atoms with Gasteiger partial charge in [-0.15, -0.1) is 10.2 Å². The first kappa shape index (κ1) is 16.4. The Morgan fingerprint density at radius 2 is 1.96 bits per heavy atom. The quantitative estimate of drug-likeness (QED) is 0.495. The number of nitro groups is 1. The number of ether oxygens (including phenoxy) is 2. The first-order valence-electron chi connectivity index (χ1n) is 7.32. The molecule has 9 heteroatoms. The summed E-state index contributed by atoms with van der Waals surface area (Å²) in [5.74, 6) is 0.885. The van der Waals surface area contributed by atoms with Gasteiger partial charge >= 0.3 is 5.82 Å². The zero-order valence-electron chi connectivity index (χ0n) is 13.4. The van der Waals surface area contributed by atoms with E-state index in [0.717, 1.165) is 5.56 Å². The van der Waals surface area contributed by atoms with Gasteiger partial charge in [0.05, 0.1) is 7.11 Å². The molecule has 128 valence electrons. The van der Waals surface area contributed by atoms with Gasteiger partial charge in [-0.3, -0.25) is 0 Å². The van der Waals surface area contributed by atoms with Crippen LogP contribution >= 0.6 is 0 Å². The standard InChI is InChI=1S/C16H14N4O5/c1-10(24-13-4-3-9-17-14(13)20(21)22)15-18-19-16(25-15)11-5-7-12(23-2)8-6-11/h3-10H,1-2H3. The molecule has 0 radical (unpaired) electrons. The summed E-state index contributed by atoms with van der Waals surface area (Å²) >= 11 is 0. The maximum absolute atomic E-state index is 11.0. The van der Waals surface area contributed by atoms with Gasteiger partial charge in [0.1, 0.15) is 11.9 Å². The van der Waals surface area contributed by atoms with E-state index in [0.29, 0.717) is 11.6 Å². The third-order valence-electron chi connectivity index (χ3n) is 3.35. The van der Waals surface area contributed by atoms with E-state index < -0.39 is 11.0 Å². The van der Waals surface area contributed by atoms with Crippen LogP contribution in [0.5, 0.6) is 11.5 Å². The second kappa shape index (κ2) is 6.95. The van der Waals surface area contributed by atoms with Crippen molar-refractivity contribution in [2.45, 2.75) is 13.0 Å². The van der Waals surface area contributed by atoms with Crippen molar-refractivity contribution >= 4 is 5.82 Å². The molecule has 0 aliphatic rings. The lowest BCUT2D eigenvalue weighted by molar-refractivity contribution is -0.390. The fourth-order valence-electron chi connectivity index (χ4n) is 2.10. The highest BCUT2D eigenvalue weighted by Gasteiger charge is 2.22. The van der Waals surface area contributed by atoms with Crippen molar-refractivity contribution in [3.63, 3.8) is 0 Å². The summed E-state index contributed by atoms with van der Waals surface area (Å²) in [5, 5.41) is 18.9. The molecule has 0 saturated carbocycles. The predicted octanol–water partition coefficient (Wildman–Crippen LogP) is 3.19. The molecule has 0 N–H and O–H groups in total. The highest BCUT2D eigenvalue weighted by molar-refractivity contribution is 5.54. The van der Waals surface area contributed by atoms with E-state index in [4.69, 9.17) is 13.9 Å². The number of methoxy groups -OCH3 is 1. The molecule has 3 aromatic rings. The Hall–Kier alpha value is -3.49. The van der Waals surface area contributed by atoms with Gasteiger partial charge in [-0.25, -0.2) is 0 Å². The summed E-state index contributed by atoms with van der Waals surface area (Å²) < 4.78 is 16.3. The largest absolute Gasteiger partial charge is 0.497 e.